The van der Waals surface area contributed by atoms with Crippen LogP contribution in [0.15, 0.2) is 41.5 Å². The van der Waals surface area contributed by atoms with Crippen LogP contribution < -0.4 is 5.73 Å². The van der Waals surface area contributed by atoms with E-state index < -0.39 is 0 Å². The Balaban J connectivity index is 1.59. The lowest BCUT2D eigenvalue weighted by atomic mass is 9.91. The Hall–Kier alpha value is -2.88. The molecule has 0 atom stereocenters. The first-order valence-corrected chi connectivity index (χ1v) is 10.9. The molecular weight excluding hydrogens is 370 g/mol. The third kappa shape index (κ3) is 3.67. The number of aliphatic imine (C=N–C) groups is 1. The lowest BCUT2D eigenvalue weighted by molar-refractivity contribution is 0.0707. The van der Waals surface area contributed by atoms with Gasteiger partial charge in [-0.25, -0.2) is 0 Å². The number of hydrogen-bond acceptors (Lipinski definition) is 3. The zero-order valence-corrected chi connectivity index (χ0v) is 18.2. The molecule has 1 amide bonds. The summed E-state index contributed by atoms with van der Waals surface area (Å²) in [6.07, 6.45) is 8.96. The summed E-state index contributed by atoms with van der Waals surface area (Å²) in [6.45, 7) is 5.15. The van der Waals surface area contributed by atoms with Gasteiger partial charge in [-0.15, -0.1) is 0 Å². The monoisotopic (exact) mass is 401 g/mol. The summed E-state index contributed by atoms with van der Waals surface area (Å²) in [5.41, 5.74) is 14.9. The van der Waals surface area contributed by atoms with Crippen molar-refractivity contribution in [1.82, 2.24) is 4.90 Å². The molecule has 4 rings (SSSR count). The van der Waals surface area contributed by atoms with Gasteiger partial charge >= 0.3 is 0 Å². The van der Waals surface area contributed by atoms with E-state index in [0.29, 0.717) is 6.04 Å². The van der Waals surface area contributed by atoms with Gasteiger partial charge in [0.05, 0.1) is 0 Å². The number of carbonyl (C=O) groups is 1. The highest BCUT2D eigenvalue weighted by atomic mass is 16.2. The second-order valence-corrected chi connectivity index (χ2v) is 8.57. The van der Waals surface area contributed by atoms with Crippen LogP contribution in [0.25, 0.3) is 5.57 Å². The Kier molecular flexibility index (Phi) is 5.76. The van der Waals surface area contributed by atoms with Gasteiger partial charge in [0.2, 0.25) is 0 Å². The van der Waals surface area contributed by atoms with Crippen LogP contribution in [0.1, 0.15) is 69.4 Å². The summed E-state index contributed by atoms with van der Waals surface area (Å²) < 4.78 is 0. The van der Waals surface area contributed by atoms with E-state index in [2.05, 4.69) is 54.1 Å². The van der Waals surface area contributed by atoms with Gasteiger partial charge < -0.3 is 10.6 Å². The van der Waals surface area contributed by atoms with Crippen LogP contribution in [-0.4, -0.2) is 30.1 Å². The Morgan fingerprint density at radius 1 is 1.17 bits per heavy atom. The minimum Gasteiger partial charge on any atom is -0.404 e. The minimum atomic E-state index is 0.230. The average molecular weight is 402 g/mol. The smallest absolute Gasteiger partial charge is 0.254 e. The van der Waals surface area contributed by atoms with Crippen LogP contribution in [0.3, 0.4) is 0 Å². The number of nitrogens with zero attached hydrogens (tertiary/aromatic N) is 2. The van der Waals surface area contributed by atoms with Crippen LogP contribution in [0.4, 0.5) is 0 Å². The molecule has 4 nitrogen and oxygen atoms in total. The van der Waals surface area contributed by atoms with Gasteiger partial charge in [0.1, 0.15) is 0 Å². The molecule has 2 aliphatic rings. The van der Waals surface area contributed by atoms with Crippen LogP contribution in [0, 0.1) is 13.8 Å². The second-order valence-electron chi connectivity index (χ2n) is 8.57. The van der Waals surface area contributed by atoms with Crippen molar-refractivity contribution in [2.45, 2.75) is 58.5 Å². The molecule has 1 heterocycles. The van der Waals surface area contributed by atoms with E-state index in [1.54, 1.807) is 19.5 Å². The molecule has 0 radical (unpaired) electrons. The minimum absolute atomic E-state index is 0.230. The summed E-state index contributed by atoms with van der Waals surface area (Å²) >= 11 is 0. The molecule has 0 saturated heterocycles. The van der Waals surface area contributed by atoms with Gasteiger partial charge in [-0.3, -0.25) is 9.79 Å². The number of allylic oxidation sites excluding steroid dienone is 1. The third-order valence-corrected chi connectivity index (χ3v) is 6.86. The van der Waals surface area contributed by atoms with E-state index in [9.17, 15) is 4.79 Å². The molecule has 0 unspecified atom stereocenters. The van der Waals surface area contributed by atoms with Gasteiger partial charge in [-0.2, -0.15) is 0 Å². The maximum absolute atomic E-state index is 13.2. The molecule has 0 bridgehead atoms. The maximum Gasteiger partial charge on any atom is 0.254 e. The number of nitrogens with two attached hydrogens (primary N) is 1. The summed E-state index contributed by atoms with van der Waals surface area (Å²) in [4.78, 5) is 19.3. The first-order valence-electron chi connectivity index (χ1n) is 10.9. The largest absolute Gasteiger partial charge is 0.404 e. The first kappa shape index (κ1) is 20.4. The summed E-state index contributed by atoms with van der Waals surface area (Å²) in [6, 6.07) is 11.0. The Morgan fingerprint density at radius 3 is 2.50 bits per heavy atom. The number of carbonyl (C=O) groups excluding carboxylic acids is 1. The number of rotatable bonds is 5. The Morgan fingerprint density at radius 2 is 1.87 bits per heavy atom. The van der Waals surface area contributed by atoms with Gasteiger partial charge in [-0.05, 0) is 72.6 Å². The number of fused-ring (bicyclic) bond motifs is 1. The molecular formula is C26H31N3O. The normalized spacial score (nSPS) is 17.4. The maximum atomic E-state index is 13.2. The summed E-state index contributed by atoms with van der Waals surface area (Å²) in [5.74, 6) is 0.230. The Bertz CT molecular complexity index is 1010. The molecule has 1 saturated carbocycles. The fourth-order valence-electron chi connectivity index (χ4n) is 4.91. The molecule has 30 heavy (non-hydrogen) atoms. The molecule has 1 fully saturated rings. The van der Waals surface area contributed by atoms with Crippen LogP contribution >= 0.6 is 0 Å². The van der Waals surface area contributed by atoms with Gasteiger partial charge in [-0.1, -0.05) is 37.1 Å². The van der Waals surface area contributed by atoms with Crippen molar-refractivity contribution in [2.75, 3.05) is 7.05 Å². The predicted molar refractivity (Wildman–Crippen MR) is 124 cm³/mol. The zero-order chi connectivity index (χ0) is 21.3. The molecule has 2 N–H and O–H groups in total. The molecule has 4 heteroatoms. The topological polar surface area (TPSA) is 58.7 Å². The molecule has 0 spiro atoms. The highest BCUT2D eigenvalue weighted by molar-refractivity contribution is 6.09. The van der Waals surface area contributed by atoms with Crippen molar-refractivity contribution in [3.63, 3.8) is 0 Å². The van der Waals surface area contributed by atoms with Crippen molar-refractivity contribution < 1.29 is 4.79 Å². The summed E-state index contributed by atoms with van der Waals surface area (Å²) in [5, 5.41) is 0. The van der Waals surface area contributed by atoms with E-state index in [4.69, 9.17) is 5.73 Å². The predicted octanol–water partition coefficient (Wildman–Crippen LogP) is 4.79. The fourth-order valence-corrected chi connectivity index (χ4v) is 4.91. The van der Waals surface area contributed by atoms with Gasteiger partial charge in [0.25, 0.3) is 5.91 Å². The standard InChI is InChI=1S/C26H31N3O/c1-17-18(2)25-16-29(23-6-4-5-7-23)26(30)24(25)13-21(17)12-19-8-10-20(11-9-19)22(14-27)15-28-3/h8-11,13-15,23H,4-7,12,16,27H2,1-3H3. The van der Waals surface area contributed by atoms with Crippen LogP contribution in [0.2, 0.25) is 0 Å². The quantitative estimate of drug-likeness (QED) is 0.732. The van der Waals surface area contributed by atoms with Crippen molar-refractivity contribution in [2.24, 2.45) is 10.7 Å². The third-order valence-electron chi connectivity index (χ3n) is 6.86. The van der Waals surface area contributed by atoms with Gasteiger partial charge in [0.15, 0.2) is 0 Å². The molecule has 0 aromatic heterocycles. The summed E-state index contributed by atoms with van der Waals surface area (Å²) in [7, 11) is 1.74. The molecule has 2 aromatic carbocycles. The van der Waals surface area contributed by atoms with E-state index >= 15 is 0 Å². The fraction of sp³-hybridized carbons (Fsp3) is 0.385. The van der Waals surface area contributed by atoms with Crippen LogP contribution in [0.5, 0.6) is 0 Å². The zero-order valence-electron chi connectivity index (χ0n) is 18.2. The SMILES string of the molecule is CN=CC(=CN)c1ccc(Cc2cc3c(c(C)c2C)CN(C2CCCC2)C3=O)cc1. The molecule has 2 aromatic rings. The lowest BCUT2D eigenvalue weighted by Crippen LogP contribution is -2.33. The molecule has 156 valence electrons. The molecule has 1 aliphatic carbocycles. The van der Waals surface area contributed by atoms with Crippen molar-refractivity contribution in [1.29, 1.82) is 0 Å². The average Bonchev–Trinajstić information content (AvgIpc) is 3.39. The van der Waals surface area contributed by atoms with Crippen molar-refractivity contribution >= 4 is 17.7 Å². The number of benzene rings is 2. The number of amides is 1. The van der Waals surface area contributed by atoms with E-state index in [0.717, 1.165) is 42.5 Å². The lowest BCUT2D eigenvalue weighted by Gasteiger charge is -2.23. The number of hydrogen-bond donors (Lipinski definition) is 1. The van der Waals surface area contributed by atoms with Crippen molar-refractivity contribution in [3.05, 3.63) is 75.5 Å². The van der Waals surface area contributed by atoms with E-state index in [1.807, 2.05) is 0 Å². The van der Waals surface area contributed by atoms with E-state index in [-0.39, 0.29) is 5.91 Å². The highest BCUT2D eigenvalue weighted by Crippen LogP contribution is 2.35. The molecule has 1 aliphatic heterocycles. The first-order chi connectivity index (χ1) is 14.5. The van der Waals surface area contributed by atoms with Crippen LogP contribution in [-0.2, 0) is 13.0 Å². The Labute approximate surface area is 179 Å². The van der Waals surface area contributed by atoms with Crippen molar-refractivity contribution in [3.8, 4) is 0 Å². The second kappa shape index (κ2) is 8.47. The van der Waals surface area contributed by atoms with Gasteiger partial charge in [0, 0.05) is 43.2 Å². The van der Waals surface area contributed by atoms with E-state index in [1.165, 1.54) is 40.7 Å². The highest BCUT2D eigenvalue weighted by Gasteiger charge is 2.35.